The van der Waals surface area contributed by atoms with Gasteiger partial charge in [0.05, 0.1) is 10.6 Å². The molecule has 0 radical (unpaired) electrons. The molecule has 0 aromatic carbocycles. The number of aromatic nitrogens is 1. The van der Waals surface area contributed by atoms with Crippen LogP contribution in [0.2, 0.25) is 0 Å². The van der Waals surface area contributed by atoms with E-state index in [2.05, 4.69) is 10.9 Å². The molecule has 14 heavy (non-hydrogen) atoms. The first-order valence-corrected chi connectivity index (χ1v) is 4.98. The molecular formula is C10H9NO2S. The molecule has 72 valence electrons. The van der Waals surface area contributed by atoms with Gasteiger partial charge in [0, 0.05) is 18.4 Å². The van der Waals surface area contributed by atoms with Gasteiger partial charge in [-0.2, -0.15) is 0 Å². The Bertz CT molecular complexity index is 353. The molecule has 1 N–H and O–H groups in total. The molecule has 0 saturated heterocycles. The van der Waals surface area contributed by atoms with Gasteiger partial charge in [0.2, 0.25) is 0 Å². The quantitative estimate of drug-likeness (QED) is 0.465. The van der Waals surface area contributed by atoms with Crippen molar-refractivity contribution >= 4 is 17.7 Å². The van der Waals surface area contributed by atoms with Gasteiger partial charge in [0.1, 0.15) is 0 Å². The third-order valence-corrected chi connectivity index (χ3v) is 2.43. The van der Waals surface area contributed by atoms with E-state index < -0.39 is 5.97 Å². The van der Waals surface area contributed by atoms with Gasteiger partial charge >= 0.3 is 5.97 Å². The molecule has 4 heteroatoms. The summed E-state index contributed by atoms with van der Waals surface area (Å²) < 4.78 is 0. The topological polar surface area (TPSA) is 50.2 Å². The standard InChI is InChI=1S/C10H9NO2S/c1-2-3-6-14-9-5-4-8(7-11-9)10(12)13/h1,4-5,7H,3,6H2,(H,12,13). The molecule has 0 unspecified atom stereocenters. The summed E-state index contributed by atoms with van der Waals surface area (Å²) in [5, 5.41) is 9.41. The SMILES string of the molecule is C#CCCSc1ccc(C(=O)O)cn1. The number of thioether (sulfide) groups is 1. The van der Waals surface area contributed by atoms with Crippen LogP contribution in [-0.4, -0.2) is 21.8 Å². The van der Waals surface area contributed by atoms with E-state index in [4.69, 9.17) is 11.5 Å². The van der Waals surface area contributed by atoms with Crippen molar-refractivity contribution in [2.75, 3.05) is 5.75 Å². The summed E-state index contributed by atoms with van der Waals surface area (Å²) in [4.78, 5) is 14.5. The fourth-order valence-corrected chi connectivity index (χ4v) is 1.53. The summed E-state index contributed by atoms with van der Waals surface area (Å²) in [6.07, 6.45) is 7.13. The highest BCUT2D eigenvalue weighted by molar-refractivity contribution is 7.99. The predicted octanol–water partition coefficient (Wildman–Crippen LogP) is 1.90. The predicted molar refractivity (Wildman–Crippen MR) is 55.4 cm³/mol. The maximum atomic E-state index is 10.5. The number of pyridine rings is 1. The Labute approximate surface area is 86.6 Å². The van der Waals surface area contributed by atoms with E-state index in [0.29, 0.717) is 6.42 Å². The Morgan fingerprint density at radius 3 is 2.93 bits per heavy atom. The summed E-state index contributed by atoms with van der Waals surface area (Å²) in [5.41, 5.74) is 0.200. The second kappa shape index (κ2) is 5.30. The third-order valence-electron chi connectivity index (χ3n) is 1.48. The van der Waals surface area contributed by atoms with Crippen LogP contribution in [0.25, 0.3) is 0 Å². The van der Waals surface area contributed by atoms with Crippen LogP contribution in [0.15, 0.2) is 23.4 Å². The number of nitrogens with zero attached hydrogens (tertiary/aromatic N) is 1. The molecule has 0 fully saturated rings. The lowest BCUT2D eigenvalue weighted by Gasteiger charge is -1.98. The van der Waals surface area contributed by atoms with Gasteiger partial charge in [-0.3, -0.25) is 0 Å². The van der Waals surface area contributed by atoms with Crippen LogP contribution < -0.4 is 0 Å². The molecule has 0 amide bonds. The number of rotatable bonds is 4. The first kappa shape index (κ1) is 10.6. The van der Waals surface area contributed by atoms with Crippen LogP contribution in [0.3, 0.4) is 0 Å². The second-order valence-corrected chi connectivity index (χ2v) is 3.61. The highest BCUT2D eigenvalue weighted by atomic mass is 32.2. The first-order valence-electron chi connectivity index (χ1n) is 3.99. The van der Waals surface area contributed by atoms with Crippen LogP contribution in [0.1, 0.15) is 16.8 Å². The van der Waals surface area contributed by atoms with E-state index in [-0.39, 0.29) is 5.56 Å². The molecule has 0 aliphatic carbocycles. The van der Waals surface area contributed by atoms with Crippen molar-refractivity contribution < 1.29 is 9.90 Å². The number of aromatic carboxylic acids is 1. The smallest absolute Gasteiger partial charge is 0.337 e. The molecule has 1 aromatic heterocycles. The number of hydrogen-bond donors (Lipinski definition) is 1. The largest absolute Gasteiger partial charge is 0.478 e. The summed E-state index contributed by atoms with van der Waals surface area (Å²) in [5.74, 6) is 2.37. The number of carboxylic acid groups (broad SMARTS) is 1. The zero-order chi connectivity index (χ0) is 10.4. The Kier molecular flexibility index (Phi) is 4.02. The Morgan fingerprint density at radius 2 is 2.43 bits per heavy atom. The molecule has 0 bridgehead atoms. The summed E-state index contributed by atoms with van der Waals surface area (Å²) in [6.45, 7) is 0. The van der Waals surface area contributed by atoms with Gasteiger partial charge in [-0.25, -0.2) is 9.78 Å². The Hall–Kier alpha value is -1.47. The van der Waals surface area contributed by atoms with Crippen molar-refractivity contribution in [3.8, 4) is 12.3 Å². The molecule has 1 rings (SSSR count). The summed E-state index contributed by atoms with van der Waals surface area (Å²) in [6, 6.07) is 3.22. The molecule has 3 nitrogen and oxygen atoms in total. The molecule has 0 aliphatic heterocycles. The first-order chi connectivity index (χ1) is 6.74. The van der Waals surface area contributed by atoms with Crippen molar-refractivity contribution in [1.82, 2.24) is 4.98 Å². The third kappa shape index (κ3) is 3.11. The van der Waals surface area contributed by atoms with Crippen LogP contribution in [0, 0.1) is 12.3 Å². The molecule has 0 aliphatic rings. The monoisotopic (exact) mass is 207 g/mol. The lowest BCUT2D eigenvalue weighted by Crippen LogP contribution is -1.96. The van der Waals surface area contributed by atoms with Crippen LogP contribution in [-0.2, 0) is 0 Å². The summed E-state index contributed by atoms with van der Waals surface area (Å²) >= 11 is 1.52. The molecule has 1 heterocycles. The van der Waals surface area contributed by atoms with Crippen LogP contribution in [0.5, 0.6) is 0 Å². The molecule has 0 atom stereocenters. The van der Waals surface area contributed by atoms with E-state index in [1.807, 2.05) is 0 Å². The van der Waals surface area contributed by atoms with E-state index in [0.717, 1.165) is 10.8 Å². The fourth-order valence-electron chi connectivity index (χ4n) is 0.807. The minimum Gasteiger partial charge on any atom is -0.478 e. The van der Waals surface area contributed by atoms with Gasteiger partial charge in [0.15, 0.2) is 0 Å². The number of terminal acetylenes is 1. The zero-order valence-corrected chi connectivity index (χ0v) is 8.25. The number of hydrogen-bond acceptors (Lipinski definition) is 3. The highest BCUT2D eigenvalue weighted by Crippen LogP contribution is 2.15. The minimum atomic E-state index is -0.960. The van der Waals surface area contributed by atoms with Gasteiger partial charge in [0.25, 0.3) is 0 Å². The second-order valence-electron chi connectivity index (χ2n) is 2.49. The molecule has 1 aromatic rings. The average molecular weight is 207 g/mol. The van der Waals surface area contributed by atoms with Gasteiger partial charge in [-0.1, -0.05) is 0 Å². The maximum Gasteiger partial charge on any atom is 0.337 e. The molecule has 0 saturated carbocycles. The van der Waals surface area contributed by atoms with E-state index in [9.17, 15) is 4.79 Å². The Balaban J connectivity index is 2.56. The van der Waals surface area contributed by atoms with Crippen molar-refractivity contribution in [1.29, 1.82) is 0 Å². The zero-order valence-electron chi connectivity index (χ0n) is 7.43. The number of carbonyl (C=O) groups is 1. The maximum absolute atomic E-state index is 10.5. The lowest BCUT2D eigenvalue weighted by molar-refractivity contribution is 0.0696. The number of carboxylic acids is 1. The fraction of sp³-hybridized carbons (Fsp3) is 0.200. The van der Waals surface area contributed by atoms with E-state index in [1.54, 1.807) is 6.07 Å². The van der Waals surface area contributed by atoms with Crippen LogP contribution in [0.4, 0.5) is 0 Å². The molecule has 0 spiro atoms. The van der Waals surface area contributed by atoms with Crippen molar-refractivity contribution in [2.24, 2.45) is 0 Å². The average Bonchev–Trinajstić information content (AvgIpc) is 2.19. The van der Waals surface area contributed by atoms with Gasteiger partial charge < -0.3 is 5.11 Å². The van der Waals surface area contributed by atoms with E-state index in [1.165, 1.54) is 24.0 Å². The minimum absolute atomic E-state index is 0.200. The van der Waals surface area contributed by atoms with Crippen molar-refractivity contribution in [2.45, 2.75) is 11.4 Å². The Morgan fingerprint density at radius 1 is 1.64 bits per heavy atom. The van der Waals surface area contributed by atoms with Crippen molar-refractivity contribution in [3.05, 3.63) is 23.9 Å². The van der Waals surface area contributed by atoms with Crippen LogP contribution >= 0.6 is 11.8 Å². The lowest BCUT2D eigenvalue weighted by atomic mass is 10.3. The van der Waals surface area contributed by atoms with Crippen molar-refractivity contribution in [3.63, 3.8) is 0 Å². The normalized spacial score (nSPS) is 9.36. The highest BCUT2D eigenvalue weighted by Gasteiger charge is 2.02. The van der Waals surface area contributed by atoms with Gasteiger partial charge in [-0.05, 0) is 12.1 Å². The van der Waals surface area contributed by atoms with E-state index >= 15 is 0 Å². The summed E-state index contributed by atoms with van der Waals surface area (Å²) in [7, 11) is 0. The molecular weight excluding hydrogens is 198 g/mol. The van der Waals surface area contributed by atoms with Gasteiger partial charge in [-0.15, -0.1) is 24.1 Å².